The van der Waals surface area contributed by atoms with Crippen LogP contribution in [-0.2, 0) is 6.42 Å². The fourth-order valence-electron chi connectivity index (χ4n) is 3.21. The Bertz CT molecular complexity index is 1040. The van der Waals surface area contributed by atoms with Crippen LogP contribution in [0.15, 0.2) is 67.0 Å². The number of pyridine rings is 1. The molecule has 32 heavy (non-hydrogen) atoms. The Labute approximate surface area is 189 Å². The lowest BCUT2D eigenvalue weighted by atomic mass is 10.0. The Morgan fingerprint density at radius 2 is 1.75 bits per heavy atom. The van der Waals surface area contributed by atoms with Crippen LogP contribution < -0.4 is 5.73 Å². The minimum Gasteiger partial charge on any atom is -0.397 e. The van der Waals surface area contributed by atoms with Gasteiger partial charge in [0.2, 0.25) is 0 Å². The van der Waals surface area contributed by atoms with Gasteiger partial charge in [0.25, 0.3) is 5.91 Å². The van der Waals surface area contributed by atoms with E-state index in [1.54, 1.807) is 24.5 Å². The quantitative estimate of drug-likeness (QED) is 0.555. The second kappa shape index (κ2) is 12.9. The molecule has 0 aliphatic carbocycles. The van der Waals surface area contributed by atoms with Gasteiger partial charge in [-0.25, -0.2) is 4.39 Å². The predicted octanol–water partition coefficient (Wildman–Crippen LogP) is 5.21. The summed E-state index contributed by atoms with van der Waals surface area (Å²) in [7, 11) is 0. The summed E-state index contributed by atoms with van der Waals surface area (Å²) in [6.45, 7) is 5.68. The van der Waals surface area contributed by atoms with E-state index in [1.165, 1.54) is 12.1 Å². The largest absolute Gasteiger partial charge is 0.397 e. The fourth-order valence-corrected chi connectivity index (χ4v) is 3.21. The molecule has 0 aliphatic rings. The van der Waals surface area contributed by atoms with E-state index < -0.39 is 0 Å². The fraction of sp³-hybridized carbons (Fsp3) is 0.269. The number of hydrogen-bond acceptors (Lipinski definition) is 4. The summed E-state index contributed by atoms with van der Waals surface area (Å²) < 4.78 is 13.5. The van der Waals surface area contributed by atoms with E-state index in [9.17, 15) is 9.18 Å². The minimum atomic E-state index is -0.261. The van der Waals surface area contributed by atoms with Crippen molar-refractivity contribution >= 4 is 11.6 Å². The highest BCUT2D eigenvalue weighted by molar-refractivity contribution is 5.94. The summed E-state index contributed by atoms with van der Waals surface area (Å²) in [5.74, 6) is -0.244. The van der Waals surface area contributed by atoms with E-state index in [4.69, 9.17) is 11.0 Å². The summed E-state index contributed by atoms with van der Waals surface area (Å²) in [6.07, 6.45) is 5.54. The van der Waals surface area contributed by atoms with Gasteiger partial charge >= 0.3 is 0 Å². The van der Waals surface area contributed by atoms with Crippen molar-refractivity contribution in [2.24, 2.45) is 0 Å². The first-order chi connectivity index (χ1) is 15.5. The van der Waals surface area contributed by atoms with Crippen LogP contribution in [0.2, 0.25) is 0 Å². The number of carbonyl (C=O) groups is 1. The highest BCUT2D eigenvalue weighted by Crippen LogP contribution is 2.15. The standard InChI is InChI=1S/C14H10FN.C12H19N3O/c15-14-7-6-12(10-16)9-13(14)8-11-4-2-1-3-5-11;1-3-5-15(6-4-2)12(16)10-7-11(13)9-14-8-10/h1-7,9H,8H2;7-9H,3-6,13H2,1-2H3. The molecule has 0 bridgehead atoms. The van der Waals surface area contributed by atoms with Gasteiger partial charge in [-0.05, 0) is 48.2 Å². The Morgan fingerprint density at radius 1 is 1.06 bits per heavy atom. The molecule has 1 amide bonds. The van der Waals surface area contributed by atoms with Crippen molar-refractivity contribution in [2.75, 3.05) is 18.8 Å². The van der Waals surface area contributed by atoms with E-state index in [1.807, 2.05) is 41.3 Å². The molecule has 0 spiro atoms. The molecule has 166 valence electrons. The lowest BCUT2D eigenvalue weighted by Crippen LogP contribution is -2.32. The van der Waals surface area contributed by atoms with Crippen molar-refractivity contribution in [2.45, 2.75) is 33.1 Å². The molecule has 2 N–H and O–H groups in total. The third-order valence-corrected chi connectivity index (χ3v) is 4.69. The molecule has 3 aromatic rings. The van der Waals surface area contributed by atoms with Crippen molar-refractivity contribution in [1.29, 1.82) is 5.26 Å². The zero-order valence-corrected chi connectivity index (χ0v) is 18.6. The summed E-state index contributed by atoms with van der Waals surface area (Å²) in [4.78, 5) is 17.9. The average Bonchev–Trinajstić information content (AvgIpc) is 2.81. The monoisotopic (exact) mass is 432 g/mol. The molecule has 6 heteroatoms. The first-order valence-electron chi connectivity index (χ1n) is 10.7. The van der Waals surface area contributed by atoms with Crippen molar-refractivity contribution < 1.29 is 9.18 Å². The second-order valence-electron chi connectivity index (χ2n) is 7.38. The molecule has 0 aliphatic heterocycles. The van der Waals surface area contributed by atoms with E-state index in [0.717, 1.165) is 31.5 Å². The Hall–Kier alpha value is -3.72. The molecule has 1 heterocycles. The molecule has 0 unspecified atom stereocenters. The van der Waals surface area contributed by atoms with E-state index in [2.05, 4.69) is 18.8 Å². The number of nitrogen functional groups attached to an aromatic ring is 1. The maximum Gasteiger partial charge on any atom is 0.255 e. The Kier molecular flexibility index (Phi) is 9.86. The van der Waals surface area contributed by atoms with Gasteiger partial charge in [-0.1, -0.05) is 44.2 Å². The maximum absolute atomic E-state index is 13.5. The molecule has 2 aromatic carbocycles. The van der Waals surface area contributed by atoms with Crippen LogP contribution in [0.25, 0.3) is 0 Å². The second-order valence-corrected chi connectivity index (χ2v) is 7.38. The third kappa shape index (κ3) is 7.51. The maximum atomic E-state index is 13.5. The molecule has 5 nitrogen and oxygen atoms in total. The zero-order valence-electron chi connectivity index (χ0n) is 18.6. The summed E-state index contributed by atoms with van der Waals surface area (Å²) in [6, 6.07) is 17.8. The number of hydrogen-bond donors (Lipinski definition) is 1. The molecule has 0 radical (unpaired) electrons. The number of halogens is 1. The topological polar surface area (TPSA) is 83.0 Å². The number of nitrogens with zero attached hydrogens (tertiary/aromatic N) is 3. The van der Waals surface area contributed by atoms with Crippen LogP contribution in [0.1, 0.15) is 53.7 Å². The van der Waals surface area contributed by atoms with Gasteiger partial charge < -0.3 is 10.6 Å². The lowest BCUT2D eigenvalue weighted by Gasteiger charge is -2.21. The van der Waals surface area contributed by atoms with Crippen LogP contribution in [0.5, 0.6) is 0 Å². The third-order valence-electron chi connectivity index (χ3n) is 4.69. The SMILES string of the molecule is CCCN(CCC)C(=O)c1cncc(N)c1.N#Cc1ccc(F)c(Cc2ccccc2)c1. The average molecular weight is 433 g/mol. The molecule has 0 atom stereocenters. The predicted molar refractivity (Wildman–Crippen MR) is 125 cm³/mol. The van der Waals surface area contributed by atoms with Gasteiger partial charge in [0.05, 0.1) is 22.9 Å². The van der Waals surface area contributed by atoms with Crippen LogP contribution in [0, 0.1) is 17.1 Å². The molecule has 3 rings (SSSR count). The number of carbonyl (C=O) groups excluding carboxylic acids is 1. The summed E-state index contributed by atoms with van der Waals surface area (Å²) in [5.41, 5.74) is 8.80. The highest BCUT2D eigenvalue weighted by atomic mass is 19.1. The van der Waals surface area contributed by atoms with Crippen LogP contribution in [-0.4, -0.2) is 28.9 Å². The van der Waals surface area contributed by atoms with Crippen LogP contribution >= 0.6 is 0 Å². The zero-order chi connectivity index (χ0) is 23.3. The van der Waals surface area contributed by atoms with Gasteiger partial charge in [-0.3, -0.25) is 9.78 Å². The van der Waals surface area contributed by atoms with Gasteiger partial charge in [-0.15, -0.1) is 0 Å². The molecule has 1 aromatic heterocycles. The Morgan fingerprint density at radius 3 is 2.34 bits per heavy atom. The van der Waals surface area contributed by atoms with Crippen molar-refractivity contribution in [1.82, 2.24) is 9.88 Å². The number of rotatable bonds is 7. The lowest BCUT2D eigenvalue weighted by molar-refractivity contribution is 0.0755. The van der Waals surface area contributed by atoms with Gasteiger partial charge in [0, 0.05) is 31.9 Å². The minimum absolute atomic E-state index is 0.0171. The smallest absolute Gasteiger partial charge is 0.255 e. The molecular weight excluding hydrogens is 403 g/mol. The van der Waals surface area contributed by atoms with Crippen molar-refractivity contribution in [3.05, 3.63) is 95.1 Å². The molecule has 0 fully saturated rings. The number of nitrogens with two attached hydrogens (primary N) is 1. The van der Waals surface area contributed by atoms with E-state index >= 15 is 0 Å². The number of aromatic nitrogens is 1. The molecular formula is C26H29FN4O. The first kappa shape index (κ1) is 24.5. The van der Waals surface area contributed by atoms with E-state index in [0.29, 0.717) is 28.8 Å². The highest BCUT2D eigenvalue weighted by Gasteiger charge is 2.14. The molecule has 0 saturated heterocycles. The van der Waals surface area contributed by atoms with Crippen molar-refractivity contribution in [3.8, 4) is 6.07 Å². The normalized spacial score (nSPS) is 9.94. The van der Waals surface area contributed by atoms with E-state index in [-0.39, 0.29) is 11.7 Å². The summed E-state index contributed by atoms with van der Waals surface area (Å²) in [5, 5.41) is 8.75. The Balaban J connectivity index is 0.000000227. The molecule has 0 saturated carbocycles. The van der Waals surface area contributed by atoms with Crippen molar-refractivity contribution in [3.63, 3.8) is 0 Å². The number of benzene rings is 2. The number of nitriles is 1. The van der Waals surface area contributed by atoms with Gasteiger partial charge in [0.1, 0.15) is 5.82 Å². The number of anilines is 1. The van der Waals surface area contributed by atoms with Gasteiger partial charge in [-0.2, -0.15) is 5.26 Å². The number of amides is 1. The van der Waals surface area contributed by atoms with Crippen LogP contribution in [0.3, 0.4) is 0 Å². The van der Waals surface area contributed by atoms with Gasteiger partial charge in [0.15, 0.2) is 0 Å². The summed E-state index contributed by atoms with van der Waals surface area (Å²) >= 11 is 0. The first-order valence-corrected chi connectivity index (χ1v) is 10.7. The van der Waals surface area contributed by atoms with Crippen LogP contribution in [0.4, 0.5) is 10.1 Å².